The molecule has 0 amide bonds. The molecule has 1 heterocycles. The van der Waals surface area contributed by atoms with Crippen molar-refractivity contribution in [3.05, 3.63) is 0 Å². The average Bonchev–Trinajstić information content (AvgIpc) is 2.03. The molecule has 70 valence electrons. The van der Waals surface area contributed by atoms with Crippen LogP contribution in [0.3, 0.4) is 0 Å². The molecule has 1 aliphatic heterocycles. The number of hydrogen-bond acceptors (Lipinski definition) is 2. The first-order chi connectivity index (χ1) is 5.66. The minimum Gasteiger partial charge on any atom is -0.480 e. The summed E-state index contributed by atoms with van der Waals surface area (Å²) in [6, 6.07) is -0.247. The highest BCUT2D eigenvalue weighted by Crippen LogP contribution is 2.22. The van der Waals surface area contributed by atoms with Gasteiger partial charge in [-0.1, -0.05) is 13.8 Å². The normalized spacial score (nSPS) is 31.8. The zero-order valence-electron chi connectivity index (χ0n) is 7.79. The maximum Gasteiger partial charge on any atom is 0.321 e. The topological polar surface area (TPSA) is 40.5 Å². The molecule has 1 rings (SSSR count). The Morgan fingerprint density at radius 1 is 1.67 bits per heavy atom. The van der Waals surface area contributed by atoms with Crippen LogP contribution < -0.4 is 0 Å². The standard InChI is InChI=1S/C9H17NO2/c1-3-10-6-4-5-7(2)8(10)9(11)12/h7-8H,3-6H2,1-2H3,(H,11,12). The van der Waals surface area contributed by atoms with Gasteiger partial charge in [0, 0.05) is 0 Å². The van der Waals surface area contributed by atoms with Crippen LogP contribution in [0.4, 0.5) is 0 Å². The van der Waals surface area contributed by atoms with Crippen LogP contribution in [0.5, 0.6) is 0 Å². The molecule has 3 nitrogen and oxygen atoms in total. The zero-order chi connectivity index (χ0) is 9.14. The average molecular weight is 171 g/mol. The highest BCUT2D eigenvalue weighted by molar-refractivity contribution is 5.74. The summed E-state index contributed by atoms with van der Waals surface area (Å²) in [7, 11) is 0. The molecule has 2 atom stereocenters. The molecule has 0 radical (unpaired) electrons. The van der Waals surface area contributed by atoms with E-state index in [1.807, 2.05) is 13.8 Å². The van der Waals surface area contributed by atoms with Crippen LogP contribution in [0.1, 0.15) is 26.7 Å². The number of likely N-dealkylation sites (N-methyl/N-ethyl adjacent to an activating group) is 1. The molecule has 0 aromatic rings. The van der Waals surface area contributed by atoms with E-state index in [1.54, 1.807) is 0 Å². The van der Waals surface area contributed by atoms with Crippen molar-refractivity contribution in [1.82, 2.24) is 4.90 Å². The Balaban J connectivity index is 2.66. The number of hydrogen-bond donors (Lipinski definition) is 1. The van der Waals surface area contributed by atoms with Crippen molar-refractivity contribution in [1.29, 1.82) is 0 Å². The molecule has 0 aromatic heterocycles. The van der Waals surface area contributed by atoms with Gasteiger partial charge in [-0.25, -0.2) is 0 Å². The quantitative estimate of drug-likeness (QED) is 0.678. The second-order valence-electron chi connectivity index (χ2n) is 3.53. The lowest BCUT2D eigenvalue weighted by Crippen LogP contribution is -2.48. The lowest BCUT2D eigenvalue weighted by atomic mass is 9.91. The molecule has 0 bridgehead atoms. The van der Waals surface area contributed by atoms with Gasteiger partial charge in [0.05, 0.1) is 0 Å². The number of piperidine rings is 1. The van der Waals surface area contributed by atoms with Crippen LogP contribution in [0.25, 0.3) is 0 Å². The van der Waals surface area contributed by atoms with Crippen molar-refractivity contribution in [3.63, 3.8) is 0 Å². The molecule has 0 spiro atoms. The van der Waals surface area contributed by atoms with E-state index in [0.717, 1.165) is 25.9 Å². The van der Waals surface area contributed by atoms with E-state index < -0.39 is 5.97 Å². The zero-order valence-corrected chi connectivity index (χ0v) is 7.79. The third kappa shape index (κ3) is 1.78. The van der Waals surface area contributed by atoms with E-state index in [1.165, 1.54) is 0 Å². The summed E-state index contributed by atoms with van der Waals surface area (Å²) in [6.07, 6.45) is 2.19. The summed E-state index contributed by atoms with van der Waals surface area (Å²) in [5.41, 5.74) is 0. The van der Waals surface area contributed by atoms with Crippen LogP contribution in [0.15, 0.2) is 0 Å². The molecule has 1 N–H and O–H groups in total. The van der Waals surface area contributed by atoms with Gasteiger partial charge in [0.2, 0.25) is 0 Å². The van der Waals surface area contributed by atoms with Crippen LogP contribution in [0, 0.1) is 5.92 Å². The maximum absolute atomic E-state index is 10.9. The largest absolute Gasteiger partial charge is 0.480 e. The van der Waals surface area contributed by atoms with E-state index in [9.17, 15) is 4.79 Å². The van der Waals surface area contributed by atoms with Crippen LogP contribution in [-0.2, 0) is 4.79 Å². The fraction of sp³-hybridized carbons (Fsp3) is 0.889. The van der Waals surface area contributed by atoms with Crippen LogP contribution >= 0.6 is 0 Å². The van der Waals surface area contributed by atoms with Gasteiger partial charge in [0.15, 0.2) is 0 Å². The molecule has 0 saturated carbocycles. The van der Waals surface area contributed by atoms with E-state index in [0.29, 0.717) is 5.92 Å². The molecular formula is C9H17NO2. The first-order valence-electron chi connectivity index (χ1n) is 4.63. The molecule has 1 aliphatic rings. The number of carboxylic acids is 1. The van der Waals surface area contributed by atoms with Crippen molar-refractivity contribution < 1.29 is 9.90 Å². The molecule has 1 fully saturated rings. The van der Waals surface area contributed by atoms with E-state index in [2.05, 4.69) is 4.90 Å². The number of nitrogens with zero attached hydrogens (tertiary/aromatic N) is 1. The summed E-state index contributed by atoms with van der Waals surface area (Å²) in [6.45, 7) is 5.84. The molecular weight excluding hydrogens is 154 g/mol. The Hall–Kier alpha value is -0.570. The molecule has 0 aliphatic carbocycles. The van der Waals surface area contributed by atoms with Crippen LogP contribution in [0.2, 0.25) is 0 Å². The first-order valence-corrected chi connectivity index (χ1v) is 4.63. The Labute approximate surface area is 73.4 Å². The Morgan fingerprint density at radius 3 is 2.75 bits per heavy atom. The second kappa shape index (κ2) is 3.90. The predicted molar refractivity (Wildman–Crippen MR) is 47.1 cm³/mol. The molecule has 1 saturated heterocycles. The smallest absolute Gasteiger partial charge is 0.321 e. The SMILES string of the molecule is CCN1CCCC(C)C1C(=O)O. The highest BCUT2D eigenvalue weighted by atomic mass is 16.4. The number of likely N-dealkylation sites (tertiary alicyclic amines) is 1. The van der Waals surface area contributed by atoms with Crippen molar-refractivity contribution in [2.24, 2.45) is 5.92 Å². The Kier molecular flexibility index (Phi) is 3.09. The third-order valence-electron chi connectivity index (χ3n) is 2.70. The van der Waals surface area contributed by atoms with E-state index in [-0.39, 0.29) is 6.04 Å². The molecule has 12 heavy (non-hydrogen) atoms. The van der Waals surface area contributed by atoms with Crippen molar-refractivity contribution >= 4 is 5.97 Å². The van der Waals surface area contributed by atoms with Crippen molar-refractivity contribution in [2.75, 3.05) is 13.1 Å². The second-order valence-corrected chi connectivity index (χ2v) is 3.53. The summed E-state index contributed by atoms with van der Waals surface area (Å²) >= 11 is 0. The minimum atomic E-state index is -0.663. The third-order valence-corrected chi connectivity index (χ3v) is 2.70. The maximum atomic E-state index is 10.9. The molecule has 2 unspecified atom stereocenters. The number of carboxylic acid groups (broad SMARTS) is 1. The lowest BCUT2D eigenvalue weighted by Gasteiger charge is -2.36. The Morgan fingerprint density at radius 2 is 2.33 bits per heavy atom. The van der Waals surface area contributed by atoms with Gasteiger partial charge in [0.1, 0.15) is 6.04 Å². The van der Waals surface area contributed by atoms with Gasteiger partial charge < -0.3 is 5.11 Å². The van der Waals surface area contributed by atoms with Gasteiger partial charge in [-0.15, -0.1) is 0 Å². The van der Waals surface area contributed by atoms with Gasteiger partial charge in [-0.3, -0.25) is 9.69 Å². The van der Waals surface area contributed by atoms with Gasteiger partial charge in [-0.05, 0) is 31.8 Å². The lowest BCUT2D eigenvalue weighted by molar-refractivity contribution is -0.146. The summed E-state index contributed by atoms with van der Waals surface area (Å²) in [4.78, 5) is 12.9. The fourth-order valence-corrected chi connectivity index (χ4v) is 2.03. The van der Waals surface area contributed by atoms with Gasteiger partial charge >= 0.3 is 5.97 Å². The number of carbonyl (C=O) groups is 1. The molecule has 3 heteroatoms. The van der Waals surface area contributed by atoms with Crippen molar-refractivity contribution in [2.45, 2.75) is 32.7 Å². The monoisotopic (exact) mass is 171 g/mol. The highest BCUT2D eigenvalue weighted by Gasteiger charge is 2.32. The van der Waals surface area contributed by atoms with Gasteiger partial charge in [0.25, 0.3) is 0 Å². The molecule has 0 aromatic carbocycles. The van der Waals surface area contributed by atoms with E-state index >= 15 is 0 Å². The van der Waals surface area contributed by atoms with Crippen LogP contribution in [-0.4, -0.2) is 35.1 Å². The van der Waals surface area contributed by atoms with E-state index in [4.69, 9.17) is 5.11 Å². The number of rotatable bonds is 2. The Bertz CT molecular complexity index is 170. The van der Waals surface area contributed by atoms with Crippen molar-refractivity contribution in [3.8, 4) is 0 Å². The summed E-state index contributed by atoms with van der Waals surface area (Å²) < 4.78 is 0. The fourth-order valence-electron chi connectivity index (χ4n) is 2.03. The minimum absolute atomic E-state index is 0.247. The first kappa shape index (κ1) is 9.52. The number of aliphatic carboxylic acids is 1. The van der Waals surface area contributed by atoms with Gasteiger partial charge in [-0.2, -0.15) is 0 Å². The summed E-state index contributed by atoms with van der Waals surface area (Å²) in [5.74, 6) is -0.361. The predicted octanol–water partition coefficient (Wildman–Crippen LogP) is 1.19. The summed E-state index contributed by atoms with van der Waals surface area (Å²) in [5, 5.41) is 8.97.